The molecule has 14 heavy (non-hydrogen) atoms. The van der Waals surface area contributed by atoms with Crippen molar-refractivity contribution in [2.45, 2.75) is 12.8 Å². The molecule has 1 aromatic rings. The number of hydrogen-bond donors (Lipinski definition) is 0. The van der Waals surface area contributed by atoms with Gasteiger partial charge in [0.2, 0.25) is 0 Å². The quantitative estimate of drug-likeness (QED) is 0.498. The number of amides is 1. The lowest BCUT2D eigenvalue weighted by Gasteiger charge is -2.34. The normalized spacial score (nSPS) is 19.5. The fraction of sp³-hybridized carbons (Fsp3) is 0.400. The number of carbonyl (C=O) groups is 1. The van der Waals surface area contributed by atoms with E-state index in [0.717, 1.165) is 12.8 Å². The largest absolute Gasteiger partial charge is 0.625 e. The summed E-state index contributed by atoms with van der Waals surface area (Å²) in [5.41, 5.74) is 0.469. The predicted molar refractivity (Wildman–Crippen MR) is 51.2 cm³/mol. The highest BCUT2D eigenvalue weighted by Crippen LogP contribution is 2.21. The summed E-state index contributed by atoms with van der Waals surface area (Å²) in [4.78, 5) is 15.6. The van der Waals surface area contributed by atoms with E-state index < -0.39 is 4.65 Å². The summed E-state index contributed by atoms with van der Waals surface area (Å²) in [6.45, 7) is 0.836. The Hall–Kier alpha value is -1.26. The zero-order valence-corrected chi connectivity index (χ0v) is 7.85. The van der Waals surface area contributed by atoms with Gasteiger partial charge >= 0.3 is 5.91 Å². The van der Waals surface area contributed by atoms with Gasteiger partial charge in [-0.2, -0.15) is 0 Å². The minimum absolute atomic E-state index is 0.329. The van der Waals surface area contributed by atoms with Crippen molar-refractivity contribution in [3.8, 4) is 0 Å². The Kier molecular flexibility index (Phi) is 2.31. The highest BCUT2D eigenvalue weighted by Gasteiger charge is 2.32. The minimum Gasteiger partial charge on any atom is -0.625 e. The second-order valence-corrected chi connectivity index (χ2v) is 3.58. The van der Waals surface area contributed by atoms with Crippen molar-refractivity contribution in [1.29, 1.82) is 0 Å². The molecule has 2 heterocycles. The fourth-order valence-electron chi connectivity index (χ4n) is 1.78. The topological polar surface area (TPSA) is 53.0 Å². The van der Waals surface area contributed by atoms with Crippen LogP contribution in [-0.2, 0) is 0 Å². The molecule has 1 aliphatic heterocycles. The molecule has 74 valence electrons. The molecule has 4 nitrogen and oxygen atoms in total. The van der Waals surface area contributed by atoms with Gasteiger partial charge in [0.05, 0.1) is 18.7 Å². The van der Waals surface area contributed by atoms with Crippen LogP contribution in [-0.4, -0.2) is 28.6 Å². The number of nitrogens with zero attached hydrogens (tertiary/aromatic N) is 2. The number of likely N-dealkylation sites (tertiary alicyclic amines) is 1. The second-order valence-electron chi connectivity index (χ2n) is 3.58. The molecule has 0 aromatic carbocycles. The van der Waals surface area contributed by atoms with E-state index in [1.165, 1.54) is 12.4 Å². The monoisotopic (exact) mass is 192 g/mol. The van der Waals surface area contributed by atoms with Gasteiger partial charge in [0.15, 0.2) is 0 Å². The van der Waals surface area contributed by atoms with Gasteiger partial charge in [-0.3, -0.25) is 9.63 Å². The summed E-state index contributed by atoms with van der Waals surface area (Å²) >= 11 is 0. The molecular formula is C10H12N2O2. The summed E-state index contributed by atoms with van der Waals surface area (Å²) in [6, 6.07) is 3.19. The summed E-state index contributed by atoms with van der Waals surface area (Å²) in [6.07, 6.45) is 4.77. The zero-order valence-electron chi connectivity index (χ0n) is 7.85. The van der Waals surface area contributed by atoms with Crippen molar-refractivity contribution in [1.82, 2.24) is 4.98 Å². The summed E-state index contributed by atoms with van der Waals surface area (Å²) in [5, 5.41) is 12.0. The van der Waals surface area contributed by atoms with E-state index in [-0.39, 0.29) is 5.91 Å². The minimum atomic E-state index is -0.690. The van der Waals surface area contributed by atoms with Crippen LogP contribution in [0.2, 0.25) is 0 Å². The van der Waals surface area contributed by atoms with E-state index >= 15 is 0 Å². The predicted octanol–water partition coefficient (Wildman–Crippen LogP) is 1.33. The van der Waals surface area contributed by atoms with Gasteiger partial charge < -0.3 is 5.21 Å². The maximum Gasteiger partial charge on any atom is 0.345 e. The average Bonchev–Trinajstić information content (AvgIpc) is 2.67. The first-order chi connectivity index (χ1) is 6.72. The molecule has 0 atom stereocenters. The van der Waals surface area contributed by atoms with Crippen LogP contribution in [0.1, 0.15) is 23.2 Å². The molecule has 1 fully saturated rings. The maximum absolute atomic E-state index is 12.0. The Morgan fingerprint density at radius 2 is 1.86 bits per heavy atom. The highest BCUT2D eigenvalue weighted by molar-refractivity contribution is 5.88. The van der Waals surface area contributed by atoms with Crippen molar-refractivity contribution in [3.05, 3.63) is 35.3 Å². The van der Waals surface area contributed by atoms with Crippen LogP contribution >= 0.6 is 0 Å². The van der Waals surface area contributed by atoms with Crippen LogP contribution < -0.4 is 0 Å². The van der Waals surface area contributed by atoms with Crippen LogP contribution in [0.25, 0.3) is 0 Å². The van der Waals surface area contributed by atoms with Crippen molar-refractivity contribution in [2.75, 3.05) is 13.1 Å². The van der Waals surface area contributed by atoms with Gasteiger partial charge in [0, 0.05) is 25.2 Å². The van der Waals surface area contributed by atoms with Crippen molar-refractivity contribution in [3.63, 3.8) is 0 Å². The second kappa shape index (κ2) is 3.48. The number of hydrogen-bond acceptors (Lipinski definition) is 3. The fourth-order valence-corrected chi connectivity index (χ4v) is 1.78. The maximum atomic E-state index is 12.0. The summed E-state index contributed by atoms with van der Waals surface area (Å²) < 4.78 is -0.690. The van der Waals surface area contributed by atoms with E-state index in [0.29, 0.717) is 18.7 Å². The Labute approximate surface area is 82.3 Å². The molecule has 0 radical (unpaired) electrons. The molecule has 1 saturated heterocycles. The van der Waals surface area contributed by atoms with Gasteiger partial charge in [-0.1, -0.05) is 0 Å². The molecule has 0 unspecified atom stereocenters. The van der Waals surface area contributed by atoms with Gasteiger partial charge in [-0.25, -0.2) is 4.79 Å². The lowest BCUT2D eigenvalue weighted by atomic mass is 10.2. The molecule has 0 N–H and O–H groups in total. The Bertz CT molecular complexity index is 331. The van der Waals surface area contributed by atoms with Crippen molar-refractivity contribution < 1.29 is 9.44 Å². The van der Waals surface area contributed by atoms with Gasteiger partial charge in [-0.15, -0.1) is 0 Å². The molecule has 1 aromatic heterocycles. The zero-order chi connectivity index (χ0) is 10.0. The van der Waals surface area contributed by atoms with E-state index in [1.54, 1.807) is 12.1 Å². The first kappa shape index (κ1) is 9.30. The molecule has 0 bridgehead atoms. The van der Waals surface area contributed by atoms with Crippen LogP contribution in [0.5, 0.6) is 0 Å². The SMILES string of the molecule is O=C(c1ccncc1)[N+]1([O-])CCCC1. The number of aromatic nitrogens is 1. The number of pyridine rings is 1. The lowest BCUT2D eigenvalue weighted by Crippen LogP contribution is -2.44. The number of rotatable bonds is 1. The molecule has 0 saturated carbocycles. The van der Waals surface area contributed by atoms with E-state index in [9.17, 15) is 10.0 Å². The third kappa shape index (κ3) is 1.54. The van der Waals surface area contributed by atoms with Crippen molar-refractivity contribution in [2.24, 2.45) is 0 Å². The smallest absolute Gasteiger partial charge is 0.345 e. The van der Waals surface area contributed by atoms with Crippen LogP contribution in [0.4, 0.5) is 0 Å². The molecule has 2 rings (SSSR count). The Morgan fingerprint density at radius 1 is 1.29 bits per heavy atom. The standard InChI is InChI=1S/C10H12N2O2/c13-10(9-3-5-11-6-4-9)12(14)7-1-2-8-12/h3-6H,1-2,7-8H2. The molecule has 0 aliphatic carbocycles. The van der Waals surface area contributed by atoms with E-state index in [2.05, 4.69) is 4.98 Å². The van der Waals surface area contributed by atoms with Crippen LogP contribution in [0.15, 0.2) is 24.5 Å². The molecule has 4 heteroatoms. The molecule has 1 amide bonds. The first-order valence-electron chi connectivity index (χ1n) is 4.75. The van der Waals surface area contributed by atoms with Gasteiger partial charge in [0.1, 0.15) is 0 Å². The third-order valence-electron chi connectivity index (χ3n) is 2.59. The highest BCUT2D eigenvalue weighted by atomic mass is 16.6. The van der Waals surface area contributed by atoms with Crippen LogP contribution in [0.3, 0.4) is 0 Å². The number of carbonyl (C=O) groups excluding carboxylic acids is 1. The Morgan fingerprint density at radius 3 is 2.43 bits per heavy atom. The lowest BCUT2D eigenvalue weighted by molar-refractivity contribution is -0.783. The van der Waals surface area contributed by atoms with E-state index in [4.69, 9.17) is 0 Å². The molecular weight excluding hydrogens is 180 g/mol. The molecule has 1 aliphatic rings. The number of hydroxylamine groups is 3. The first-order valence-corrected chi connectivity index (χ1v) is 4.75. The Balaban J connectivity index is 2.24. The van der Waals surface area contributed by atoms with Gasteiger partial charge in [0.25, 0.3) is 0 Å². The van der Waals surface area contributed by atoms with Crippen molar-refractivity contribution >= 4 is 5.91 Å². The van der Waals surface area contributed by atoms with Gasteiger partial charge in [-0.05, 0) is 12.1 Å². The number of quaternary nitrogens is 1. The third-order valence-corrected chi connectivity index (χ3v) is 2.59. The molecule has 0 spiro atoms. The summed E-state index contributed by atoms with van der Waals surface area (Å²) in [5.74, 6) is -0.329. The average molecular weight is 192 g/mol. The summed E-state index contributed by atoms with van der Waals surface area (Å²) in [7, 11) is 0. The van der Waals surface area contributed by atoms with E-state index in [1.807, 2.05) is 0 Å². The van der Waals surface area contributed by atoms with Crippen LogP contribution in [0, 0.1) is 5.21 Å².